The lowest BCUT2D eigenvalue weighted by Gasteiger charge is -2.17. The van der Waals surface area contributed by atoms with Gasteiger partial charge in [0.1, 0.15) is 12.0 Å². The number of hydrogen-bond acceptors (Lipinski definition) is 6. The van der Waals surface area contributed by atoms with E-state index in [-0.39, 0.29) is 44.6 Å². The van der Waals surface area contributed by atoms with Gasteiger partial charge in [0.2, 0.25) is 0 Å². The van der Waals surface area contributed by atoms with Gasteiger partial charge in [0.25, 0.3) is 11.5 Å². The maximum absolute atomic E-state index is 13.4. The number of aryl methyl sites for hydroxylation is 1. The number of ether oxygens (including phenoxy) is 2. The lowest BCUT2D eigenvalue weighted by atomic mass is 10.1. The molecule has 1 amide bonds. The first-order chi connectivity index (χ1) is 16.5. The fraction of sp³-hybridized carbons (Fsp3) is 0.500. The first kappa shape index (κ1) is 26.6. The van der Waals surface area contributed by atoms with Gasteiger partial charge < -0.3 is 19.9 Å². The molecule has 13 heteroatoms. The van der Waals surface area contributed by atoms with Crippen LogP contribution in [-0.4, -0.2) is 52.6 Å². The molecule has 1 aliphatic rings. The topological polar surface area (TPSA) is 112 Å². The molecule has 2 aromatic rings. The van der Waals surface area contributed by atoms with E-state index in [1.165, 1.54) is 10.8 Å². The minimum Gasteiger partial charge on any atom is -0.394 e. The fourth-order valence-electron chi connectivity index (χ4n) is 3.67. The van der Waals surface area contributed by atoms with Crippen molar-refractivity contribution in [1.82, 2.24) is 14.5 Å². The Bertz CT molecular complexity index is 1180. The van der Waals surface area contributed by atoms with Gasteiger partial charge in [-0.2, -0.15) is 13.2 Å². The highest BCUT2D eigenvalue weighted by Crippen LogP contribution is 2.32. The molecule has 1 saturated heterocycles. The minimum atomic E-state index is -4.93. The summed E-state index contributed by atoms with van der Waals surface area (Å²) in [7, 11) is 0. The molecule has 0 spiro atoms. The average Bonchev–Trinajstić information content (AvgIpc) is 3.29. The molecule has 9 nitrogen and oxygen atoms in total. The van der Waals surface area contributed by atoms with E-state index < -0.39 is 40.9 Å². The number of amides is 1. The first-order valence-electron chi connectivity index (χ1n) is 10.8. The number of nitrogens with zero attached hydrogens (tertiary/aromatic N) is 2. The van der Waals surface area contributed by atoms with E-state index in [9.17, 15) is 37.1 Å². The number of aliphatic hydroxyl groups excluding tert-OH is 1. The summed E-state index contributed by atoms with van der Waals surface area (Å²) in [6.07, 6.45) is -3.39. The molecular weight excluding hydrogens is 478 g/mol. The smallest absolute Gasteiger partial charge is 0.394 e. The number of nitrogens with one attached hydrogen (secondary N) is 1. The quantitative estimate of drug-likeness (QED) is 0.397. The van der Waals surface area contributed by atoms with Crippen molar-refractivity contribution in [3.8, 4) is 0 Å². The molecule has 35 heavy (non-hydrogen) atoms. The van der Waals surface area contributed by atoms with Crippen LogP contribution in [0.15, 0.2) is 34.0 Å². The maximum Gasteiger partial charge on any atom is 0.419 e. The van der Waals surface area contributed by atoms with Gasteiger partial charge in [0.05, 0.1) is 38.0 Å². The van der Waals surface area contributed by atoms with Crippen LogP contribution >= 0.6 is 0 Å². The largest absolute Gasteiger partial charge is 0.419 e. The van der Waals surface area contributed by atoms with Crippen LogP contribution in [0.4, 0.5) is 17.6 Å². The van der Waals surface area contributed by atoms with E-state index in [2.05, 4.69) is 5.32 Å². The molecule has 0 bridgehead atoms. The van der Waals surface area contributed by atoms with E-state index in [4.69, 9.17) is 9.47 Å². The summed E-state index contributed by atoms with van der Waals surface area (Å²) in [4.78, 5) is 37.2. The van der Waals surface area contributed by atoms with Gasteiger partial charge in [0.15, 0.2) is 0 Å². The van der Waals surface area contributed by atoms with Gasteiger partial charge in [-0.3, -0.25) is 18.7 Å². The highest BCUT2D eigenvalue weighted by molar-refractivity contribution is 5.94. The Morgan fingerprint density at radius 1 is 1.26 bits per heavy atom. The van der Waals surface area contributed by atoms with Gasteiger partial charge in [-0.15, -0.1) is 0 Å². The Morgan fingerprint density at radius 2 is 2.00 bits per heavy atom. The zero-order valence-corrected chi connectivity index (χ0v) is 18.8. The second-order valence-electron chi connectivity index (χ2n) is 7.99. The minimum absolute atomic E-state index is 0.0439. The molecule has 0 radical (unpaired) electrons. The standard InChI is InChI=1S/C22H25F4N3O6/c1-13-11-29(18-5-3-15(12-30)35-18)21(33)28(20(13)32)7-9-34-8-6-27-19(31)14-2-4-17(23)16(10-14)22(24,25)26/h2,4,10-11,15,18,30H,3,5-9,12H2,1H3,(H,27,31)/t15-,18+/m0/s1. The second kappa shape index (κ2) is 11.1. The Labute approximate surface area is 196 Å². The number of aromatic nitrogens is 2. The van der Waals surface area contributed by atoms with Gasteiger partial charge in [-0.25, -0.2) is 9.18 Å². The molecule has 0 saturated carbocycles. The van der Waals surface area contributed by atoms with Crippen molar-refractivity contribution >= 4 is 5.91 Å². The van der Waals surface area contributed by atoms with Crippen LogP contribution in [0.25, 0.3) is 0 Å². The van der Waals surface area contributed by atoms with Gasteiger partial charge in [0, 0.05) is 23.9 Å². The van der Waals surface area contributed by atoms with Crippen LogP contribution < -0.4 is 16.6 Å². The van der Waals surface area contributed by atoms with Crippen LogP contribution in [0.1, 0.15) is 40.6 Å². The molecule has 192 valence electrons. The van der Waals surface area contributed by atoms with Crippen molar-refractivity contribution < 1.29 is 36.9 Å². The third-order valence-corrected chi connectivity index (χ3v) is 5.49. The summed E-state index contributed by atoms with van der Waals surface area (Å²) >= 11 is 0. The van der Waals surface area contributed by atoms with Crippen LogP contribution in [0.2, 0.25) is 0 Å². The Kier molecular flexibility index (Phi) is 8.46. The van der Waals surface area contributed by atoms with E-state index >= 15 is 0 Å². The molecule has 2 N–H and O–H groups in total. The SMILES string of the molecule is Cc1cn([C@H]2CC[C@@H](CO)O2)c(=O)n(CCOCCNC(=O)c2ccc(F)c(C(F)(F)F)c2)c1=O. The molecule has 1 aliphatic heterocycles. The van der Waals surface area contributed by atoms with E-state index in [0.29, 0.717) is 30.5 Å². The molecule has 0 aliphatic carbocycles. The highest BCUT2D eigenvalue weighted by atomic mass is 19.4. The summed E-state index contributed by atoms with van der Waals surface area (Å²) in [6, 6.07) is 1.94. The van der Waals surface area contributed by atoms with Gasteiger partial charge >= 0.3 is 11.9 Å². The molecule has 2 heterocycles. The highest BCUT2D eigenvalue weighted by Gasteiger charge is 2.34. The Morgan fingerprint density at radius 3 is 2.66 bits per heavy atom. The van der Waals surface area contributed by atoms with Gasteiger partial charge in [-0.05, 0) is 38.0 Å². The van der Waals surface area contributed by atoms with Crippen LogP contribution in [0.5, 0.6) is 0 Å². The number of halogens is 4. The molecular formula is C22H25F4N3O6. The number of carbonyl (C=O) groups is 1. The number of aliphatic hydroxyl groups is 1. The molecule has 1 fully saturated rings. The predicted molar refractivity (Wildman–Crippen MR) is 114 cm³/mol. The summed E-state index contributed by atoms with van der Waals surface area (Å²) < 4.78 is 65.0. The number of alkyl halides is 3. The summed E-state index contributed by atoms with van der Waals surface area (Å²) in [5, 5.41) is 11.6. The molecule has 0 unspecified atom stereocenters. The average molecular weight is 503 g/mol. The van der Waals surface area contributed by atoms with Crippen molar-refractivity contribution in [3.05, 3.63) is 67.7 Å². The van der Waals surface area contributed by atoms with Crippen LogP contribution in [0, 0.1) is 12.7 Å². The summed E-state index contributed by atoms with van der Waals surface area (Å²) in [5.41, 5.74) is -2.64. The van der Waals surface area contributed by atoms with Crippen molar-refractivity contribution in [1.29, 1.82) is 0 Å². The van der Waals surface area contributed by atoms with Gasteiger partial charge in [-0.1, -0.05) is 0 Å². The fourth-order valence-corrected chi connectivity index (χ4v) is 3.67. The zero-order chi connectivity index (χ0) is 25.8. The third kappa shape index (κ3) is 6.35. The predicted octanol–water partition coefficient (Wildman–Crippen LogP) is 1.59. The normalized spacial score (nSPS) is 18.1. The number of benzene rings is 1. The first-order valence-corrected chi connectivity index (χ1v) is 10.8. The third-order valence-electron chi connectivity index (χ3n) is 5.49. The number of rotatable bonds is 9. The summed E-state index contributed by atoms with van der Waals surface area (Å²) in [5.74, 6) is -2.31. The van der Waals surface area contributed by atoms with Crippen LogP contribution in [-0.2, 0) is 22.2 Å². The lowest BCUT2D eigenvalue weighted by Crippen LogP contribution is -2.43. The van der Waals surface area contributed by atoms with Crippen molar-refractivity contribution in [2.45, 2.75) is 44.8 Å². The van der Waals surface area contributed by atoms with E-state index in [1.807, 2.05) is 0 Å². The number of carbonyl (C=O) groups excluding carboxylic acids is 1. The monoisotopic (exact) mass is 503 g/mol. The Balaban J connectivity index is 1.52. The number of hydrogen-bond donors (Lipinski definition) is 2. The Hall–Kier alpha value is -3.03. The molecule has 1 aromatic carbocycles. The maximum atomic E-state index is 13.4. The van der Waals surface area contributed by atoms with Crippen molar-refractivity contribution in [2.75, 3.05) is 26.4 Å². The van der Waals surface area contributed by atoms with Crippen molar-refractivity contribution in [2.24, 2.45) is 0 Å². The summed E-state index contributed by atoms with van der Waals surface area (Å²) in [6.45, 7) is 1.16. The zero-order valence-electron chi connectivity index (χ0n) is 18.8. The second-order valence-corrected chi connectivity index (χ2v) is 7.99. The van der Waals surface area contributed by atoms with Crippen LogP contribution in [0.3, 0.4) is 0 Å². The molecule has 2 atom stereocenters. The van der Waals surface area contributed by atoms with E-state index in [0.717, 1.165) is 10.6 Å². The lowest BCUT2D eigenvalue weighted by molar-refractivity contribution is -0.140. The molecule has 1 aromatic heterocycles. The molecule has 3 rings (SSSR count). The van der Waals surface area contributed by atoms with E-state index in [1.54, 1.807) is 6.92 Å². The van der Waals surface area contributed by atoms with Crippen molar-refractivity contribution in [3.63, 3.8) is 0 Å².